The van der Waals surface area contributed by atoms with Crippen LogP contribution in [0.4, 0.5) is 4.39 Å². The number of nitrogens with zero attached hydrogens (tertiary/aromatic N) is 1. The van der Waals surface area contributed by atoms with Gasteiger partial charge in [0, 0.05) is 21.9 Å². The zero-order chi connectivity index (χ0) is 16.4. The van der Waals surface area contributed by atoms with Gasteiger partial charge in [0.2, 0.25) is 5.91 Å². The molecule has 1 unspecified atom stereocenters. The van der Waals surface area contributed by atoms with Gasteiger partial charge in [-0.05, 0) is 18.1 Å². The molecular formula is C17H19FN2OS2. The van der Waals surface area contributed by atoms with Crippen LogP contribution in [0.15, 0.2) is 28.5 Å². The van der Waals surface area contributed by atoms with Gasteiger partial charge in [-0.1, -0.05) is 26.0 Å². The molecule has 0 fully saturated rings. The fraction of sp³-hybridized carbons (Fsp3) is 0.412. The molecule has 0 radical (unpaired) electrons. The Morgan fingerprint density at radius 3 is 3.04 bits per heavy atom. The van der Waals surface area contributed by atoms with Crippen molar-refractivity contribution in [3.8, 4) is 0 Å². The van der Waals surface area contributed by atoms with Crippen LogP contribution >= 0.6 is 23.1 Å². The van der Waals surface area contributed by atoms with Gasteiger partial charge in [0.05, 0.1) is 23.2 Å². The Bertz CT molecular complexity index is 714. The molecule has 23 heavy (non-hydrogen) atoms. The molecule has 0 aliphatic carbocycles. The van der Waals surface area contributed by atoms with E-state index in [0.717, 1.165) is 28.4 Å². The van der Waals surface area contributed by atoms with Gasteiger partial charge in [-0.3, -0.25) is 4.79 Å². The summed E-state index contributed by atoms with van der Waals surface area (Å²) in [5.74, 6) is 0.930. The third-order valence-electron chi connectivity index (χ3n) is 3.77. The van der Waals surface area contributed by atoms with E-state index in [4.69, 9.17) is 0 Å². The van der Waals surface area contributed by atoms with Crippen molar-refractivity contribution in [1.29, 1.82) is 0 Å². The van der Waals surface area contributed by atoms with Crippen LogP contribution in [0.3, 0.4) is 0 Å². The largest absolute Gasteiger partial charge is 0.349 e. The lowest BCUT2D eigenvalue weighted by atomic mass is 10.0. The Kier molecular flexibility index (Phi) is 5.02. The number of rotatable bonds is 4. The minimum Gasteiger partial charge on any atom is -0.349 e. The lowest BCUT2D eigenvalue weighted by molar-refractivity contribution is -0.121. The minimum absolute atomic E-state index is 0.0577. The Labute approximate surface area is 143 Å². The van der Waals surface area contributed by atoms with Gasteiger partial charge in [0.25, 0.3) is 0 Å². The topological polar surface area (TPSA) is 42.0 Å². The van der Waals surface area contributed by atoms with E-state index in [9.17, 15) is 9.18 Å². The van der Waals surface area contributed by atoms with Crippen LogP contribution in [0.1, 0.15) is 48.5 Å². The Morgan fingerprint density at radius 1 is 1.48 bits per heavy atom. The van der Waals surface area contributed by atoms with E-state index in [2.05, 4.69) is 24.1 Å². The maximum atomic E-state index is 13.9. The van der Waals surface area contributed by atoms with E-state index in [1.54, 1.807) is 17.4 Å². The van der Waals surface area contributed by atoms with Crippen molar-refractivity contribution in [2.75, 3.05) is 5.75 Å². The van der Waals surface area contributed by atoms with Crippen molar-refractivity contribution in [3.63, 3.8) is 0 Å². The molecule has 0 saturated carbocycles. The molecule has 1 aliphatic heterocycles. The number of aromatic nitrogens is 1. The summed E-state index contributed by atoms with van der Waals surface area (Å²) < 4.78 is 13.9. The van der Waals surface area contributed by atoms with E-state index in [-0.39, 0.29) is 24.2 Å². The van der Waals surface area contributed by atoms with Crippen molar-refractivity contribution in [2.24, 2.45) is 0 Å². The van der Waals surface area contributed by atoms with Crippen molar-refractivity contribution in [3.05, 3.63) is 45.7 Å². The molecule has 3 rings (SSSR count). The van der Waals surface area contributed by atoms with Crippen molar-refractivity contribution < 1.29 is 9.18 Å². The maximum absolute atomic E-state index is 13.9. The van der Waals surface area contributed by atoms with Gasteiger partial charge in [0.15, 0.2) is 0 Å². The molecule has 0 spiro atoms. The van der Waals surface area contributed by atoms with Crippen LogP contribution in [-0.2, 0) is 11.2 Å². The van der Waals surface area contributed by atoms with Crippen LogP contribution in [0.2, 0.25) is 0 Å². The molecule has 1 aliphatic rings. The molecule has 1 N–H and O–H groups in total. The second-order valence-corrected chi connectivity index (χ2v) is 7.92. The van der Waals surface area contributed by atoms with Crippen LogP contribution < -0.4 is 5.32 Å². The maximum Gasteiger partial charge on any atom is 0.226 e. The fourth-order valence-corrected chi connectivity index (χ4v) is 4.59. The third kappa shape index (κ3) is 3.75. The summed E-state index contributed by atoms with van der Waals surface area (Å²) in [6, 6.07) is 4.96. The van der Waals surface area contributed by atoms with Crippen LogP contribution in [-0.4, -0.2) is 16.6 Å². The summed E-state index contributed by atoms with van der Waals surface area (Å²) in [5, 5.41) is 6.03. The third-order valence-corrected chi connectivity index (χ3v) is 6.12. The predicted molar refractivity (Wildman–Crippen MR) is 92.5 cm³/mol. The highest BCUT2D eigenvalue weighted by Gasteiger charge is 2.24. The molecule has 1 aromatic carbocycles. The van der Waals surface area contributed by atoms with Gasteiger partial charge in [0.1, 0.15) is 5.82 Å². The summed E-state index contributed by atoms with van der Waals surface area (Å²) in [5.41, 5.74) is 1.69. The Hall–Kier alpha value is -1.40. The Balaban J connectivity index is 1.68. The fourth-order valence-electron chi connectivity index (χ4n) is 2.62. The first-order valence-electron chi connectivity index (χ1n) is 7.69. The van der Waals surface area contributed by atoms with Crippen LogP contribution in [0, 0.1) is 5.82 Å². The number of carbonyl (C=O) groups excluding carboxylic acids is 1. The first-order valence-corrected chi connectivity index (χ1v) is 9.56. The van der Waals surface area contributed by atoms with Gasteiger partial charge in [-0.15, -0.1) is 23.1 Å². The number of fused-ring (bicyclic) bond motifs is 1. The van der Waals surface area contributed by atoms with Crippen molar-refractivity contribution >= 4 is 29.0 Å². The molecule has 2 aromatic rings. The summed E-state index contributed by atoms with van der Waals surface area (Å²) in [7, 11) is 0. The Morgan fingerprint density at radius 2 is 2.30 bits per heavy atom. The number of hydrogen-bond acceptors (Lipinski definition) is 4. The van der Waals surface area contributed by atoms with E-state index >= 15 is 0 Å². The SMILES string of the molecule is CC(C)c1nc(CC(=O)NC2CCSc3c(F)cccc32)cs1. The highest BCUT2D eigenvalue weighted by molar-refractivity contribution is 7.99. The highest BCUT2D eigenvalue weighted by Crippen LogP contribution is 2.37. The lowest BCUT2D eigenvalue weighted by Gasteiger charge is -2.26. The molecule has 0 saturated heterocycles. The average molecular weight is 350 g/mol. The monoisotopic (exact) mass is 350 g/mol. The number of carbonyl (C=O) groups is 1. The number of thiazole rings is 1. The van der Waals surface area contributed by atoms with E-state index < -0.39 is 0 Å². The van der Waals surface area contributed by atoms with Gasteiger partial charge in [-0.25, -0.2) is 9.37 Å². The van der Waals surface area contributed by atoms with Crippen molar-refractivity contribution in [1.82, 2.24) is 10.3 Å². The molecule has 1 aromatic heterocycles. The normalized spacial score (nSPS) is 17.1. The molecule has 3 nitrogen and oxygen atoms in total. The predicted octanol–water partition coefficient (Wildman–Crippen LogP) is 4.30. The minimum atomic E-state index is -0.201. The second kappa shape index (κ2) is 7.01. The number of hydrogen-bond donors (Lipinski definition) is 1. The average Bonchev–Trinajstić information content (AvgIpc) is 2.97. The number of thioether (sulfide) groups is 1. The summed E-state index contributed by atoms with van der Waals surface area (Å²) in [6.07, 6.45) is 1.10. The standard InChI is InChI=1S/C17H19FN2OS2/c1-10(2)17-19-11(9-23-17)8-15(21)20-14-6-7-22-16-12(14)4-3-5-13(16)18/h3-5,9-10,14H,6-8H2,1-2H3,(H,20,21). The van der Waals surface area contributed by atoms with Crippen LogP contribution in [0.25, 0.3) is 0 Å². The van der Waals surface area contributed by atoms with Gasteiger partial charge < -0.3 is 5.32 Å². The summed E-state index contributed by atoms with van der Waals surface area (Å²) >= 11 is 3.11. The zero-order valence-electron chi connectivity index (χ0n) is 13.1. The lowest BCUT2D eigenvalue weighted by Crippen LogP contribution is -2.32. The second-order valence-electron chi connectivity index (χ2n) is 5.92. The van der Waals surface area contributed by atoms with E-state index in [1.165, 1.54) is 17.8 Å². The molecule has 1 atom stereocenters. The van der Waals surface area contributed by atoms with Gasteiger partial charge in [-0.2, -0.15) is 0 Å². The number of benzene rings is 1. The first-order chi connectivity index (χ1) is 11.0. The smallest absolute Gasteiger partial charge is 0.226 e. The van der Waals surface area contributed by atoms with Gasteiger partial charge >= 0.3 is 0 Å². The molecule has 0 bridgehead atoms. The highest BCUT2D eigenvalue weighted by atomic mass is 32.2. The first kappa shape index (κ1) is 16.5. The summed E-state index contributed by atoms with van der Waals surface area (Å²) in [4.78, 5) is 17.5. The van der Waals surface area contributed by atoms with E-state index in [0.29, 0.717) is 10.8 Å². The molecule has 2 heterocycles. The van der Waals surface area contributed by atoms with Crippen LogP contribution in [0.5, 0.6) is 0 Å². The molecular weight excluding hydrogens is 331 g/mol. The molecule has 6 heteroatoms. The number of nitrogens with one attached hydrogen (secondary N) is 1. The molecule has 1 amide bonds. The van der Waals surface area contributed by atoms with E-state index in [1.807, 2.05) is 11.4 Å². The quantitative estimate of drug-likeness (QED) is 0.894. The number of amides is 1. The molecule has 122 valence electrons. The summed E-state index contributed by atoms with van der Waals surface area (Å²) in [6.45, 7) is 4.18. The zero-order valence-corrected chi connectivity index (χ0v) is 14.8. The van der Waals surface area contributed by atoms with Crippen molar-refractivity contribution in [2.45, 2.75) is 43.5 Å². The number of halogens is 1.